The zero-order valence-corrected chi connectivity index (χ0v) is 14.6. The molecule has 1 aromatic heterocycles. The van der Waals surface area contributed by atoms with Gasteiger partial charge in [0.25, 0.3) is 0 Å². The number of hydrogen-bond donors (Lipinski definition) is 1. The van der Waals surface area contributed by atoms with Crippen LogP contribution in [0.2, 0.25) is 0 Å². The van der Waals surface area contributed by atoms with Crippen LogP contribution in [0.15, 0.2) is 4.52 Å². The second kappa shape index (κ2) is 6.87. The van der Waals surface area contributed by atoms with E-state index in [1.165, 1.54) is 12.8 Å². The smallest absolute Gasteiger partial charge is 0.240 e. The second-order valence-electron chi connectivity index (χ2n) is 7.99. The lowest BCUT2D eigenvalue weighted by molar-refractivity contribution is -0.0621. The lowest BCUT2D eigenvalue weighted by atomic mass is 9.91. The highest BCUT2D eigenvalue weighted by Crippen LogP contribution is 2.28. The second-order valence-corrected chi connectivity index (χ2v) is 7.99. The summed E-state index contributed by atoms with van der Waals surface area (Å²) in [4.78, 5) is 7.04. The Bertz CT molecular complexity index is 511. The van der Waals surface area contributed by atoms with E-state index in [1.54, 1.807) is 0 Å². The molecule has 0 aromatic carbocycles. The third-order valence-corrected chi connectivity index (χ3v) is 4.93. The average Bonchev–Trinajstić information content (AvgIpc) is 2.96. The fraction of sp³-hybridized carbons (Fsp3) is 0.882. The molecule has 3 rings (SSSR count). The summed E-state index contributed by atoms with van der Waals surface area (Å²) >= 11 is 0. The lowest BCUT2D eigenvalue weighted by Gasteiger charge is -2.42. The van der Waals surface area contributed by atoms with E-state index in [2.05, 4.69) is 35.8 Å². The van der Waals surface area contributed by atoms with Crippen LogP contribution < -0.4 is 5.73 Å². The average molecular weight is 322 g/mol. The minimum Gasteiger partial charge on any atom is -0.376 e. The van der Waals surface area contributed by atoms with Crippen LogP contribution in [0.25, 0.3) is 0 Å². The Balaban J connectivity index is 1.68. The number of likely N-dealkylation sites (tertiary alicyclic amines) is 1. The Morgan fingerprint density at radius 3 is 2.78 bits per heavy atom. The van der Waals surface area contributed by atoms with Crippen molar-refractivity contribution < 1.29 is 9.26 Å². The third-order valence-electron chi connectivity index (χ3n) is 4.93. The first-order chi connectivity index (χ1) is 10.9. The summed E-state index contributed by atoms with van der Waals surface area (Å²) in [6.07, 6.45) is 5.81. The van der Waals surface area contributed by atoms with Gasteiger partial charge in [0.15, 0.2) is 5.82 Å². The van der Waals surface area contributed by atoms with Gasteiger partial charge in [0.1, 0.15) is 0 Å². The molecule has 1 aromatic rings. The Morgan fingerprint density at radius 1 is 1.26 bits per heavy atom. The van der Waals surface area contributed by atoms with Crippen LogP contribution in [0.1, 0.15) is 64.6 Å². The quantitative estimate of drug-likeness (QED) is 0.919. The van der Waals surface area contributed by atoms with Gasteiger partial charge >= 0.3 is 0 Å². The zero-order valence-electron chi connectivity index (χ0n) is 14.6. The van der Waals surface area contributed by atoms with Gasteiger partial charge < -0.3 is 15.0 Å². The number of rotatable bonds is 3. The fourth-order valence-electron chi connectivity index (χ4n) is 3.55. The largest absolute Gasteiger partial charge is 0.376 e. The Morgan fingerprint density at radius 2 is 2.09 bits per heavy atom. The molecule has 3 atom stereocenters. The van der Waals surface area contributed by atoms with Gasteiger partial charge in [0, 0.05) is 24.1 Å². The van der Waals surface area contributed by atoms with Crippen molar-refractivity contribution in [1.29, 1.82) is 0 Å². The molecule has 0 spiro atoms. The summed E-state index contributed by atoms with van der Waals surface area (Å²) < 4.78 is 11.5. The molecule has 6 heteroatoms. The maximum absolute atomic E-state index is 6.14. The summed E-state index contributed by atoms with van der Waals surface area (Å²) in [6, 6.07) is 0.688. The lowest BCUT2D eigenvalue weighted by Crippen LogP contribution is -2.51. The van der Waals surface area contributed by atoms with E-state index in [4.69, 9.17) is 15.0 Å². The first kappa shape index (κ1) is 16.9. The van der Waals surface area contributed by atoms with Crippen LogP contribution in [-0.2, 0) is 16.7 Å². The van der Waals surface area contributed by atoms with Gasteiger partial charge in [-0.3, -0.25) is 4.90 Å². The molecule has 23 heavy (non-hydrogen) atoms. The molecule has 3 heterocycles. The highest BCUT2D eigenvalue weighted by atomic mass is 16.5. The first-order valence-corrected chi connectivity index (χ1v) is 8.88. The summed E-state index contributed by atoms with van der Waals surface area (Å²) in [6.45, 7) is 8.86. The van der Waals surface area contributed by atoms with E-state index in [0.29, 0.717) is 18.5 Å². The Kier molecular flexibility index (Phi) is 5.04. The van der Waals surface area contributed by atoms with Gasteiger partial charge in [-0.2, -0.15) is 4.98 Å². The maximum atomic E-state index is 6.14. The number of hydrogen-bond acceptors (Lipinski definition) is 6. The van der Waals surface area contributed by atoms with Gasteiger partial charge in [0.2, 0.25) is 5.89 Å². The van der Waals surface area contributed by atoms with Crippen molar-refractivity contribution in [2.75, 3.05) is 13.2 Å². The van der Waals surface area contributed by atoms with Crippen LogP contribution in [-0.4, -0.2) is 46.4 Å². The van der Waals surface area contributed by atoms with Crippen molar-refractivity contribution >= 4 is 0 Å². The van der Waals surface area contributed by atoms with E-state index in [-0.39, 0.29) is 17.6 Å². The molecule has 2 fully saturated rings. The Hall–Kier alpha value is -0.980. The number of nitrogens with two attached hydrogens (primary N) is 1. The molecule has 2 saturated heterocycles. The summed E-state index contributed by atoms with van der Waals surface area (Å²) in [5.74, 6) is 1.49. The standard InChI is InChI=1S/C17H30N4O2/c1-17(2,3)16-19-15(23-20-16)11-21-8-5-4-6-13(21)14-10-12(18)7-9-22-14/h12-14H,4-11,18H2,1-3H3. The molecule has 3 unspecified atom stereocenters. The monoisotopic (exact) mass is 322 g/mol. The normalized spacial score (nSPS) is 30.5. The molecule has 0 bridgehead atoms. The molecule has 0 aliphatic carbocycles. The van der Waals surface area contributed by atoms with Crippen molar-refractivity contribution in [2.24, 2.45) is 5.73 Å². The minimum atomic E-state index is -0.0811. The number of piperidine rings is 1. The molecule has 0 radical (unpaired) electrons. The van der Waals surface area contributed by atoms with Crippen LogP contribution in [0, 0.1) is 0 Å². The van der Waals surface area contributed by atoms with Gasteiger partial charge in [-0.15, -0.1) is 0 Å². The summed E-state index contributed by atoms with van der Waals surface area (Å²) in [7, 11) is 0. The van der Waals surface area contributed by atoms with Crippen LogP contribution in [0.4, 0.5) is 0 Å². The predicted octanol–water partition coefficient (Wildman–Crippen LogP) is 2.23. The highest BCUT2D eigenvalue weighted by molar-refractivity contribution is 5.00. The predicted molar refractivity (Wildman–Crippen MR) is 88.0 cm³/mol. The van der Waals surface area contributed by atoms with Crippen molar-refractivity contribution in [3.8, 4) is 0 Å². The van der Waals surface area contributed by atoms with Gasteiger partial charge in [0.05, 0.1) is 12.6 Å². The van der Waals surface area contributed by atoms with E-state index in [9.17, 15) is 0 Å². The number of aromatic nitrogens is 2. The van der Waals surface area contributed by atoms with E-state index in [1.807, 2.05) is 0 Å². The molecular weight excluding hydrogens is 292 g/mol. The molecular formula is C17H30N4O2. The Labute approximate surface area is 138 Å². The molecule has 2 aliphatic rings. The number of ether oxygens (including phenoxy) is 1. The molecule has 130 valence electrons. The molecule has 0 saturated carbocycles. The minimum absolute atomic E-state index is 0.0811. The summed E-state index contributed by atoms with van der Waals surface area (Å²) in [5, 5.41) is 4.14. The van der Waals surface area contributed by atoms with Gasteiger partial charge in [-0.05, 0) is 32.2 Å². The topological polar surface area (TPSA) is 77.4 Å². The zero-order chi connectivity index (χ0) is 16.4. The SMILES string of the molecule is CC(C)(C)c1noc(CN2CCCCC2C2CC(N)CCO2)n1. The maximum Gasteiger partial charge on any atom is 0.240 e. The van der Waals surface area contributed by atoms with Crippen LogP contribution in [0.3, 0.4) is 0 Å². The van der Waals surface area contributed by atoms with Gasteiger partial charge in [-0.1, -0.05) is 32.3 Å². The van der Waals surface area contributed by atoms with Gasteiger partial charge in [-0.25, -0.2) is 0 Å². The summed E-state index contributed by atoms with van der Waals surface area (Å²) in [5.41, 5.74) is 6.06. The van der Waals surface area contributed by atoms with Crippen molar-refractivity contribution in [2.45, 2.75) is 83.0 Å². The first-order valence-electron chi connectivity index (χ1n) is 8.88. The highest BCUT2D eigenvalue weighted by Gasteiger charge is 2.34. The molecule has 2 N–H and O–H groups in total. The van der Waals surface area contributed by atoms with Crippen molar-refractivity contribution in [3.05, 3.63) is 11.7 Å². The molecule has 0 amide bonds. The number of nitrogens with zero attached hydrogens (tertiary/aromatic N) is 3. The van der Waals surface area contributed by atoms with Crippen LogP contribution in [0.5, 0.6) is 0 Å². The third kappa shape index (κ3) is 4.11. The fourth-order valence-corrected chi connectivity index (χ4v) is 3.55. The molecule has 6 nitrogen and oxygen atoms in total. The van der Waals surface area contributed by atoms with Crippen LogP contribution >= 0.6 is 0 Å². The van der Waals surface area contributed by atoms with E-state index < -0.39 is 0 Å². The van der Waals surface area contributed by atoms with Crippen molar-refractivity contribution in [3.63, 3.8) is 0 Å². The van der Waals surface area contributed by atoms with Crippen molar-refractivity contribution in [1.82, 2.24) is 15.0 Å². The molecule has 2 aliphatic heterocycles. The van der Waals surface area contributed by atoms with E-state index in [0.717, 1.165) is 38.2 Å². The van der Waals surface area contributed by atoms with E-state index >= 15 is 0 Å².